The Hall–Kier alpha value is -4.24. The van der Waals surface area contributed by atoms with Gasteiger partial charge in [-0.05, 0) is 96.0 Å². The Labute approximate surface area is 313 Å². The fourth-order valence-corrected chi connectivity index (χ4v) is 4.67. The highest BCUT2D eigenvalue weighted by molar-refractivity contribution is 5.87. The van der Waals surface area contributed by atoms with E-state index in [9.17, 15) is 19.2 Å². The van der Waals surface area contributed by atoms with Crippen LogP contribution < -0.4 is 10.6 Å². The number of aliphatic carboxylic acids is 1. The predicted molar refractivity (Wildman–Crippen MR) is 212 cm³/mol. The van der Waals surface area contributed by atoms with Crippen LogP contribution in [0, 0.1) is 0 Å². The van der Waals surface area contributed by atoms with Gasteiger partial charge in [0.15, 0.2) is 0 Å². The zero-order valence-electron chi connectivity index (χ0n) is 31.8. The number of hydrogen-bond donors (Lipinski definition) is 4. The van der Waals surface area contributed by atoms with Gasteiger partial charge < -0.3 is 25.6 Å². The van der Waals surface area contributed by atoms with Crippen molar-refractivity contribution in [2.24, 2.45) is 0 Å². The molecular weight excluding hydrogens is 656 g/mol. The molecule has 0 aliphatic rings. The van der Waals surface area contributed by atoms with Gasteiger partial charge in [-0.25, -0.2) is 4.79 Å². The van der Waals surface area contributed by atoms with E-state index in [-0.39, 0.29) is 30.9 Å². The zero-order chi connectivity index (χ0) is 38.3. The molecule has 2 atom stereocenters. The summed E-state index contributed by atoms with van der Waals surface area (Å²) in [5.74, 6) is -2.57. The van der Waals surface area contributed by atoms with E-state index in [1.54, 1.807) is 0 Å². The number of allylic oxidation sites excluding steroid dienone is 15. The van der Waals surface area contributed by atoms with Crippen LogP contribution in [0.2, 0.25) is 0 Å². The van der Waals surface area contributed by atoms with Crippen LogP contribution in [0.25, 0.3) is 0 Å². The quantitative estimate of drug-likeness (QED) is 0.0309. The average molecular weight is 723 g/mol. The number of nitrogens with one attached hydrogen (secondary N) is 2. The Morgan fingerprint density at radius 1 is 0.596 bits per heavy atom. The van der Waals surface area contributed by atoms with E-state index in [0.717, 1.165) is 83.5 Å². The monoisotopic (exact) mass is 722 g/mol. The first-order chi connectivity index (χ1) is 25.3. The van der Waals surface area contributed by atoms with Gasteiger partial charge in [0.1, 0.15) is 12.1 Å². The molecule has 0 saturated carbocycles. The molecule has 0 aliphatic carbocycles. The highest BCUT2D eigenvalue weighted by Crippen LogP contribution is 2.13. The minimum atomic E-state index is -1.41. The minimum absolute atomic E-state index is 0.207. The summed E-state index contributed by atoms with van der Waals surface area (Å²) in [7, 11) is 0. The number of amides is 2. The first-order valence-corrected chi connectivity index (χ1v) is 19.1. The number of aliphatic hydroxyl groups excluding tert-OH is 1. The maximum absolute atomic E-state index is 12.7. The number of hydrogen-bond acceptors (Lipinski definition) is 6. The second-order valence-electron chi connectivity index (χ2n) is 12.2. The van der Waals surface area contributed by atoms with Gasteiger partial charge in [0.05, 0.1) is 13.2 Å². The number of carboxylic acid groups (broad SMARTS) is 1. The number of aliphatic hydroxyl groups is 1. The third-order valence-corrected chi connectivity index (χ3v) is 7.56. The van der Waals surface area contributed by atoms with Crippen LogP contribution >= 0.6 is 0 Å². The molecule has 0 radical (unpaired) electrons. The van der Waals surface area contributed by atoms with Crippen LogP contribution in [0.3, 0.4) is 0 Å². The van der Waals surface area contributed by atoms with Crippen molar-refractivity contribution in [3.8, 4) is 0 Å². The van der Waals surface area contributed by atoms with E-state index in [2.05, 4.69) is 110 Å². The number of carbonyl (C=O) groups is 4. The lowest BCUT2D eigenvalue weighted by molar-refractivity contribution is -0.147. The predicted octanol–water partition coefficient (Wildman–Crippen LogP) is 8.70. The Kier molecular flexibility index (Phi) is 33.6. The summed E-state index contributed by atoms with van der Waals surface area (Å²) in [4.78, 5) is 47.5. The molecule has 9 heteroatoms. The SMILES string of the molecule is CC/C=C\C/C=C\C/C=C\C/C=C\CCCCC(=O)OC(/C=C\C/C=C\C/C=C\C/C=C\CC)CCCCCC(=O)NCC(=O)NC(CO)C(=O)O. The highest BCUT2D eigenvalue weighted by Gasteiger charge is 2.18. The molecule has 0 rings (SSSR count). The Morgan fingerprint density at radius 3 is 1.62 bits per heavy atom. The lowest BCUT2D eigenvalue weighted by Gasteiger charge is -2.15. The molecular formula is C43H66N2O7. The smallest absolute Gasteiger partial charge is 0.328 e. The number of carbonyl (C=O) groups excluding carboxylic acids is 3. The molecule has 0 heterocycles. The van der Waals surface area contributed by atoms with E-state index in [4.69, 9.17) is 14.9 Å². The third kappa shape index (κ3) is 32.9. The Bertz CT molecular complexity index is 1190. The molecule has 0 fully saturated rings. The van der Waals surface area contributed by atoms with Crippen molar-refractivity contribution >= 4 is 23.8 Å². The minimum Gasteiger partial charge on any atom is -0.480 e. The first kappa shape index (κ1) is 47.8. The van der Waals surface area contributed by atoms with Crippen molar-refractivity contribution in [1.82, 2.24) is 10.6 Å². The van der Waals surface area contributed by atoms with Crippen LogP contribution in [-0.4, -0.2) is 59.3 Å². The fraction of sp³-hybridized carbons (Fsp3) is 0.535. The molecule has 290 valence electrons. The summed E-state index contributed by atoms with van der Waals surface area (Å²) < 4.78 is 5.82. The topological polar surface area (TPSA) is 142 Å². The lowest BCUT2D eigenvalue weighted by atomic mass is 10.1. The van der Waals surface area contributed by atoms with Crippen molar-refractivity contribution in [3.63, 3.8) is 0 Å². The number of rotatable bonds is 32. The van der Waals surface area contributed by atoms with Gasteiger partial charge in [0.2, 0.25) is 11.8 Å². The second-order valence-corrected chi connectivity index (χ2v) is 12.2. The maximum atomic E-state index is 12.7. The highest BCUT2D eigenvalue weighted by atomic mass is 16.5. The molecule has 0 aliphatic heterocycles. The van der Waals surface area contributed by atoms with Crippen LogP contribution in [0.4, 0.5) is 0 Å². The molecule has 2 amide bonds. The van der Waals surface area contributed by atoms with Crippen molar-refractivity contribution in [1.29, 1.82) is 0 Å². The Balaban J connectivity index is 4.61. The molecule has 0 aromatic carbocycles. The van der Waals surface area contributed by atoms with Gasteiger partial charge in [-0.3, -0.25) is 14.4 Å². The normalized spacial score (nSPS) is 13.6. The van der Waals surface area contributed by atoms with Crippen molar-refractivity contribution in [3.05, 3.63) is 97.2 Å². The van der Waals surface area contributed by atoms with E-state index in [1.807, 2.05) is 12.2 Å². The third-order valence-electron chi connectivity index (χ3n) is 7.56. The molecule has 0 aromatic rings. The summed E-state index contributed by atoms with van der Waals surface area (Å²) in [5.41, 5.74) is 0. The van der Waals surface area contributed by atoms with E-state index < -0.39 is 24.5 Å². The number of carboxylic acids is 1. The molecule has 2 unspecified atom stereocenters. The number of ether oxygens (including phenoxy) is 1. The maximum Gasteiger partial charge on any atom is 0.328 e. The van der Waals surface area contributed by atoms with Gasteiger partial charge in [-0.1, -0.05) is 111 Å². The lowest BCUT2D eigenvalue weighted by Crippen LogP contribution is -2.47. The molecule has 9 nitrogen and oxygen atoms in total. The first-order valence-electron chi connectivity index (χ1n) is 19.1. The summed E-state index contributed by atoms with van der Waals surface area (Å²) in [6, 6.07) is -1.41. The number of esters is 1. The molecule has 52 heavy (non-hydrogen) atoms. The summed E-state index contributed by atoms with van der Waals surface area (Å²) in [6.07, 6.45) is 47.3. The van der Waals surface area contributed by atoms with Crippen LogP contribution in [-0.2, 0) is 23.9 Å². The van der Waals surface area contributed by atoms with Crippen molar-refractivity contribution in [2.75, 3.05) is 13.2 Å². The Morgan fingerprint density at radius 2 is 1.10 bits per heavy atom. The molecule has 0 bridgehead atoms. The van der Waals surface area contributed by atoms with Crippen LogP contribution in [0.15, 0.2) is 97.2 Å². The fourth-order valence-electron chi connectivity index (χ4n) is 4.67. The molecule has 0 aromatic heterocycles. The van der Waals surface area contributed by atoms with Crippen molar-refractivity contribution in [2.45, 2.75) is 135 Å². The van der Waals surface area contributed by atoms with Crippen LogP contribution in [0.5, 0.6) is 0 Å². The van der Waals surface area contributed by atoms with Gasteiger partial charge in [0, 0.05) is 12.8 Å². The van der Waals surface area contributed by atoms with E-state index in [1.165, 1.54) is 0 Å². The summed E-state index contributed by atoms with van der Waals surface area (Å²) in [6.45, 7) is 3.15. The summed E-state index contributed by atoms with van der Waals surface area (Å²) >= 11 is 0. The van der Waals surface area contributed by atoms with Gasteiger partial charge in [-0.2, -0.15) is 0 Å². The van der Waals surface area contributed by atoms with E-state index in [0.29, 0.717) is 19.3 Å². The number of unbranched alkanes of at least 4 members (excludes halogenated alkanes) is 4. The van der Waals surface area contributed by atoms with Crippen molar-refractivity contribution < 1.29 is 34.1 Å². The molecule has 0 saturated heterocycles. The van der Waals surface area contributed by atoms with Gasteiger partial charge in [0.25, 0.3) is 0 Å². The standard InChI is InChI=1S/C43H66N2O7/c1-3-5-7-9-11-13-15-16-17-18-20-22-24-26-31-35-42(49)52-38(32-28-25-23-21-19-14-12-10-8-6-4-2)33-29-27-30-34-40(47)44-36-41(48)45-39(37-46)43(50)51/h5-8,11-14,16-17,20-23,28,32,38-39,46H,3-4,9-10,15,18-19,24-27,29-31,33-37H2,1-2H3,(H,44,47)(H,45,48)(H,50,51)/b7-5-,8-6-,13-11-,14-12-,17-16-,22-20-,23-21-,32-28-. The zero-order valence-corrected chi connectivity index (χ0v) is 31.8. The summed E-state index contributed by atoms with van der Waals surface area (Å²) in [5, 5.41) is 22.5. The molecule has 0 spiro atoms. The van der Waals surface area contributed by atoms with Crippen LogP contribution in [0.1, 0.15) is 123 Å². The molecule has 4 N–H and O–H groups in total. The van der Waals surface area contributed by atoms with E-state index >= 15 is 0 Å². The van der Waals surface area contributed by atoms with Gasteiger partial charge in [-0.15, -0.1) is 0 Å². The van der Waals surface area contributed by atoms with Gasteiger partial charge >= 0.3 is 11.9 Å². The largest absolute Gasteiger partial charge is 0.480 e. The average Bonchev–Trinajstić information content (AvgIpc) is 3.13. The second kappa shape index (κ2) is 36.5.